The van der Waals surface area contributed by atoms with E-state index in [1.54, 1.807) is 11.0 Å². The summed E-state index contributed by atoms with van der Waals surface area (Å²) < 4.78 is 26.6. The molecule has 0 radical (unpaired) electrons. The van der Waals surface area contributed by atoms with Crippen LogP contribution in [0.3, 0.4) is 0 Å². The number of amides is 1. The van der Waals surface area contributed by atoms with Gasteiger partial charge in [-0.3, -0.25) is 4.79 Å². The van der Waals surface area contributed by atoms with Crippen molar-refractivity contribution in [1.29, 1.82) is 0 Å². The van der Waals surface area contributed by atoms with Gasteiger partial charge in [-0.2, -0.15) is 4.31 Å². The highest BCUT2D eigenvalue weighted by atomic mass is 35.5. The van der Waals surface area contributed by atoms with Gasteiger partial charge >= 0.3 is 0 Å². The Morgan fingerprint density at radius 3 is 2.33 bits per heavy atom. The van der Waals surface area contributed by atoms with E-state index in [4.69, 9.17) is 11.6 Å². The summed E-state index contributed by atoms with van der Waals surface area (Å²) in [5, 5.41) is 0. The second kappa shape index (κ2) is 5.16. The van der Waals surface area contributed by atoms with Crippen molar-refractivity contribution in [3.8, 4) is 0 Å². The van der Waals surface area contributed by atoms with Crippen LogP contribution in [0.5, 0.6) is 0 Å². The summed E-state index contributed by atoms with van der Waals surface area (Å²) in [6.07, 6.45) is 0. The number of carbonyl (C=O) groups excluding carboxylic acids is 1. The maximum absolute atomic E-state index is 12.3. The molecule has 2 heterocycles. The number of piperazine rings is 1. The molecule has 0 aliphatic carbocycles. The number of hydrogen-bond acceptors (Lipinski definition) is 4. The van der Waals surface area contributed by atoms with E-state index >= 15 is 0 Å². The van der Waals surface area contributed by atoms with Crippen LogP contribution >= 0.6 is 22.9 Å². The van der Waals surface area contributed by atoms with Crippen LogP contribution in [0.1, 0.15) is 6.92 Å². The van der Waals surface area contributed by atoms with Gasteiger partial charge in [0.15, 0.2) is 0 Å². The van der Waals surface area contributed by atoms with E-state index in [-0.39, 0.29) is 10.1 Å². The molecule has 0 unspecified atom stereocenters. The molecule has 0 spiro atoms. The lowest BCUT2D eigenvalue weighted by Gasteiger charge is -2.33. The van der Waals surface area contributed by atoms with Gasteiger partial charge in [0.25, 0.3) is 10.0 Å². The summed E-state index contributed by atoms with van der Waals surface area (Å²) >= 11 is 6.80. The van der Waals surface area contributed by atoms with E-state index in [0.29, 0.717) is 30.5 Å². The molecular formula is C10H13ClN2O3S2. The van der Waals surface area contributed by atoms with E-state index in [9.17, 15) is 13.2 Å². The van der Waals surface area contributed by atoms with Crippen molar-refractivity contribution in [1.82, 2.24) is 9.21 Å². The molecule has 1 saturated heterocycles. The Balaban J connectivity index is 2.12. The fraction of sp³-hybridized carbons (Fsp3) is 0.500. The minimum Gasteiger partial charge on any atom is -0.340 e. The Hall–Kier alpha value is -0.630. The van der Waals surface area contributed by atoms with Crippen molar-refractivity contribution < 1.29 is 13.2 Å². The van der Waals surface area contributed by atoms with Gasteiger partial charge in [0, 0.05) is 33.1 Å². The highest BCUT2D eigenvalue weighted by molar-refractivity contribution is 7.91. The molecule has 0 saturated carbocycles. The van der Waals surface area contributed by atoms with Gasteiger partial charge in [0.05, 0.1) is 4.34 Å². The maximum atomic E-state index is 12.3. The zero-order valence-corrected chi connectivity index (χ0v) is 12.2. The molecule has 1 aliphatic heterocycles. The van der Waals surface area contributed by atoms with Crippen LogP contribution in [0.15, 0.2) is 16.3 Å². The quantitative estimate of drug-likeness (QED) is 0.826. The first kappa shape index (κ1) is 13.8. The monoisotopic (exact) mass is 308 g/mol. The Kier molecular flexibility index (Phi) is 3.96. The van der Waals surface area contributed by atoms with E-state index in [1.807, 2.05) is 0 Å². The second-order valence-electron chi connectivity index (χ2n) is 3.97. The molecule has 1 aromatic heterocycles. The number of rotatable bonds is 2. The van der Waals surface area contributed by atoms with Crippen molar-refractivity contribution in [3.05, 3.63) is 16.5 Å². The predicted octanol–water partition coefficient (Wildman–Crippen LogP) is 1.25. The van der Waals surface area contributed by atoms with Gasteiger partial charge < -0.3 is 4.90 Å². The Labute approximate surface area is 115 Å². The maximum Gasteiger partial charge on any atom is 0.252 e. The normalized spacial score (nSPS) is 18.0. The molecule has 2 rings (SSSR count). The summed E-state index contributed by atoms with van der Waals surface area (Å²) in [7, 11) is -3.46. The lowest BCUT2D eigenvalue weighted by molar-refractivity contribution is -0.129. The van der Waals surface area contributed by atoms with Crippen LogP contribution in [-0.4, -0.2) is 49.7 Å². The molecule has 0 atom stereocenters. The average molecular weight is 309 g/mol. The molecule has 5 nitrogen and oxygen atoms in total. The highest BCUT2D eigenvalue weighted by Gasteiger charge is 2.30. The summed E-state index contributed by atoms with van der Waals surface area (Å²) in [5.41, 5.74) is 0. The molecule has 1 aromatic rings. The van der Waals surface area contributed by atoms with Gasteiger partial charge in [-0.05, 0) is 12.1 Å². The minimum atomic E-state index is -3.46. The summed E-state index contributed by atoms with van der Waals surface area (Å²) in [5.74, 6) is -0.0220. The molecule has 0 N–H and O–H groups in total. The zero-order chi connectivity index (χ0) is 13.3. The lowest BCUT2D eigenvalue weighted by Crippen LogP contribution is -2.49. The summed E-state index contributed by atoms with van der Waals surface area (Å²) in [6.45, 7) is 3.03. The molecular weight excluding hydrogens is 296 g/mol. The second-order valence-corrected chi connectivity index (χ2v) is 7.85. The van der Waals surface area contributed by atoms with Gasteiger partial charge in [0.2, 0.25) is 5.91 Å². The zero-order valence-electron chi connectivity index (χ0n) is 9.80. The van der Waals surface area contributed by atoms with Crippen molar-refractivity contribution in [3.63, 3.8) is 0 Å². The molecule has 8 heteroatoms. The van der Waals surface area contributed by atoms with Crippen LogP contribution in [0.2, 0.25) is 4.34 Å². The van der Waals surface area contributed by atoms with Crippen LogP contribution < -0.4 is 0 Å². The first-order valence-electron chi connectivity index (χ1n) is 5.42. The smallest absolute Gasteiger partial charge is 0.252 e. The van der Waals surface area contributed by atoms with E-state index < -0.39 is 10.0 Å². The predicted molar refractivity (Wildman–Crippen MR) is 70.3 cm³/mol. The first-order chi connectivity index (χ1) is 8.41. The Morgan fingerprint density at radius 2 is 1.89 bits per heavy atom. The third kappa shape index (κ3) is 2.69. The van der Waals surface area contributed by atoms with Crippen LogP contribution in [-0.2, 0) is 14.8 Å². The van der Waals surface area contributed by atoms with Crippen LogP contribution in [0, 0.1) is 0 Å². The summed E-state index contributed by atoms with van der Waals surface area (Å²) in [4.78, 5) is 12.8. The Morgan fingerprint density at radius 1 is 1.28 bits per heavy atom. The van der Waals surface area contributed by atoms with Crippen LogP contribution in [0.4, 0.5) is 0 Å². The van der Waals surface area contributed by atoms with Gasteiger partial charge in [-0.15, -0.1) is 11.3 Å². The third-order valence-corrected chi connectivity index (χ3v) is 6.42. The fourth-order valence-corrected chi connectivity index (χ4v) is 4.87. The molecule has 18 heavy (non-hydrogen) atoms. The fourth-order valence-electron chi connectivity index (χ4n) is 1.81. The molecule has 0 bridgehead atoms. The largest absolute Gasteiger partial charge is 0.340 e. The third-order valence-electron chi connectivity index (χ3n) is 2.83. The van der Waals surface area contributed by atoms with Gasteiger partial charge in [-0.1, -0.05) is 11.6 Å². The van der Waals surface area contributed by atoms with E-state index in [1.165, 1.54) is 17.3 Å². The average Bonchev–Trinajstić information content (AvgIpc) is 2.76. The molecule has 100 valence electrons. The number of halogens is 1. The first-order valence-corrected chi connectivity index (χ1v) is 8.06. The van der Waals surface area contributed by atoms with Crippen molar-refractivity contribution in [2.45, 2.75) is 11.1 Å². The molecule has 0 aromatic carbocycles. The van der Waals surface area contributed by atoms with E-state index in [2.05, 4.69) is 0 Å². The van der Waals surface area contributed by atoms with Gasteiger partial charge in [-0.25, -0.2) is 8.42 Å². The van der Waals surface area contributed by atoms with Crippen molar-refractivity contribution in [2.24, 2.45) is 0 Å². The topological polar surface area (TPSA) is 57.7 Å². The number of thiophene rings is 1. The highest BCUT2D eigenvalue weighted by Crippen LogP contribution is 2.28. The molecule has 1 fully saturated rings. The number of sulfonamides is 1. The molecule has 1 amide bonds. The van der Waals surface area contributed by atoms with Crippen LogP contribution in [0.25, 0.3) is 0 Å². The lowest BCUT2D eigenvalue weighted by atomic mass is 10.3. The number of nitrogens with zero attached hydrogens (tertiary/aromatic N) is 2. The SMILES string of the molecule is CC(=O)N1CCN(S(=O)(=O)c2ccc(Cl)s2)CC1. The van der Waals surface area contributed by atoms with Crippen molar-refractivity contribution >= 4 is 38.9 Å². The molecule has 1 aliphatic rings. The van der Waals surface area contributed by atoms with Crippen molar-refractivity contribution in [2.75, 3.05) is 26.2 Å². The minimum absolute atomic E-state index is 0.0220. The van der Waals surface area contributed by atoms with Gasteiger partial charge in [0.1, 0.15) is 4.21 Å². The summed E-state index contributed by atoms with van der Waals surface area (Å²) in [6, 6.07) is 3.09. The number of hydrogen-bond donors (Lipinski definition) is 0. The number of carbonyl (C=O) groups is 1. The Bertz CT molecular complexity index is 547. The van der Waals surface area contributed by atoms with E-state index in [0.717, 1.165) is 11.3 Å². The standard InChI is InChI=1S/C10H13ClN2O3S2/c1-8(14)12-4-6-13(7-5-12)18(15,16)10-3-2-9(11)17-10/h2-3H,4-7H2,1H3.